The van der Waals surface area contributed by atoms with Crippen molar-refractivity contribution in [2.45, 2.75) is 40.2 Å². The van der Waals surface area contributed by atoms with E-state index in [1.807, 2.05) is 25.3 Å². The Bertz CT molecular complexity index is 1340. The number of carbonyl (C=O) groups is 1. The van der Waals surface area contributed by atoms with Crippen LogP contribution in [0.2, 0.25) is 0 Å². The summed E-state index contributed by atoms with van der Waals surface area (Å²) < 4.78 is 12.0. The number of hydrogen-bond donors (Lipinski definition) is 0. The molecular formula is C24H24N2O4S. The van der Waals surface area contributed by atoms with Gasteiger partial charge in [0.15, 0.2) is 0 Å². The number of aryl methyl sites for hydroxylation is 2. The number of furan rings is 1. The minimum Gasteiger partial charge on any atom is -0.463 e. The van der Waals surface area contributed by atoms with Crippen LogP contribution in [-0.2, 0) is 11.3 Å². The summed E-state index contributed by atoms with van der Waals surface area (Å²) in [4.78, 5) is 30.9. The molecule has 0 aliphatic carbocycles. The van der Waals surface area contributed by atoms with E-state index in [1.165, 1.54) is 29.6 Å². The minimum atomic E-state index is -0.550. The van der Waals surface area contributed by atoms with Crippen molar-refractivity contribution in [3.63, 3.8) is 0 Å². The zero-order chi connectivity index (χ0) is 22.3. The molecule has 31 heavy (non-hydrogen) atoms. The van der Waals surface area contributed by atoms with Crippen molar-refractivity contribution in [2.75, 3.05) is 7.11 Å². The van der Waals surface area contributed by atoms with Crippen molar-refractivity contribution < 1.29 is 13.9 Å². The summed E-state index contributed by atoms with van der Waals surface area (Å²) in [5.74, 6) is 0.776. The third-order valence-corrected chi connectivity index (χ3v) is 6.29. The Morgan fingerprint density at radius 2 is 1.97 bits per heavy atom. The highest BCUT2D eigenvalue weighted by Gasteiger charge is 2.20. The lowest BCUT2D eigenvalue weighted by Gasteiger charge is -2.14. The zero-order valence-electron chi connectivity index (χ0n) is 18.2. The number of hydrogen-bond acceptors (Lipinski definition) is 6. The van der Waals surface area contributed by atoms with Crippen LogP contribution in [0.3, 0.4) is 0 Å². The molecule has 0 fully saturated rings. The second kappa shape index (κ2) is 8.15. The molecule has 0 unspecified atom stereocenters. The van der Waals surface area contributed by atoms with Crippen molar-refractivity contribution in [1.29, 1.82) is 0 Å². The van der Waals surface area contributed by atoms with Gasteiger partial charge in [0.2, 0.25) is 5.76 Å². The lowest BCUT2D eigenvalue weighted by molar-refractivity contribution is 0.0563. The maximum atomic E-state index is 13.7. The molecule has 0 N–H and O–H groups in total. The Morgan fingerprint density at radius 1 is 1.19 bits per heavy atom. The van der Waals surface area contributed by atoms with Crippen LogP contribution in [-0.4, -0.2) is 22.6 Å². The highest BCUT2D eigenvalue weighted by Crippen LogP contribution is 2.33. The van der Waals surface area contributed by atoms with Gasteiger partial charge in [-0.3, -0.25) is 9.36 Å². The van der Waals surface area contributed by atoms with Crippen LogP contribution < -0.4 is 5.56 Å². The molecule has 0 bridgehead atoms. The predicted molar refractivity (Wildman–Crippen MR) is 122 cm³/mol. The van der Waals surface area contributed by atoms with Crippen LogP contribution in [0.5, 0.6) is 0 Å². The van der Waals surface area contributed by atoms with E-state index >= 15 is 0 Å². The molecule has 0 radical (unpaired) electrons. The molecule has 3 aromatic heterocycles. The number of nitrogens with zero attached hydrogens (tertiary/aromatic N) is 2. The molecule has 1 aromatic carbocycles. The van der Waals surface area contributed by atoms with Gasteiger partial charge >= 0.3 is 5.97 Å². The van der Waals surface area contributed by atoms with E-state index in [0.717, 1.165) is 16.0 Å². The fourth-order valence-corrected chi connectivity index (χ4v) is 4.53. The van der Waals surface area contributed by atoms with Gasteiger partial charge < -0.3 is 9.15 Å². The first-order valence-corrected chi connectivity index (χ1v) is 10.9. The van der Waals surface area contributed by atoms with Gasteiger partial charge in [0, 0.05) is 16.9 Å². The largest absolute Gasteiger partial charge is 0.463 e. The Labute approximate surface area is 184 Å². The number of thiophene rings is 1. The van der Waals surface area contributed by atoms with Crippen molar-refractivity contribution in [1.82, 2.24) is 9.55 Å². The number of aromatic nitrogens is 2. The maximum Gasteiger partial charge on any atom is 0.373 e. The second-order valence-corrected chi connectivity index (χ2v) is 8.76. The first-order chi connectivity index (χ1) is 14.8. The highest BCUT2D eigenvalue weighted by molar-refractivity contribution is 7.17. The smallest absolute Gasteiger partial charge is 0.373 e. The predicted octanol–water partition coefficient (Wildman–Crippen LogP) is 5.29. The minimum absolute atomic E-state index is 0.0410. The van der Waals surface area contributed by atoms with Crippen molar-refractivity contribution in [2.24, 2.45) is 0 Å². The molecule has 0 saturated heterocycles. The van der Waals surface area contributed by atoms with Gasteiger partial charge in [0.25, 0.3) is 5.56 Å². The van der Waals surface area contributed by atoms with E-state index in [4.69, 9.17) is 14.1 Å². The number of benzene rings is 1. The summed E-state index contributed by atoms with van der Waals surface area (Å²) in [7, 11) is 1.30. The lowest BCUT2D eigenvalue weighted by Crippen LogP contribution is -2.26. The van der Waals surface area contributed by atoms with E-state index in [0.29, 0.717) is 17.0 Å². The molecule has 160 valence electrons. The van der Waals surface area contributed by atoms with E-state index in [2.05, 4.69) is 26.0 Å². The number of esters is 1. The Kier molecular flexibility index (Phi) is 5.54. The summed E-state index contributed by atoms with van der Waals surface area (Å²) in [6.07, 6.45) is 0. The summed E-state index contributed by atoms with van der Waals surface area (Å²) in [5.41, 5.74) is 4.16. The zero-order valence-corrected chi connectivity index (χ0v) is 19.0. The molecule has 0 amide bonds. The molecule has 3 heterocycles. The Hall–Kier alpha value is -3.19. The normalized spacial score (nSPS) is 11.4. The highest BCUT2D eigenvalue weighted by atomic mass is 32.1. The average Bonchev–Trinajstić information content (AvgIpc) is 3.38. The SMILES string of the molecule is COC(=O)c1ccc(Cn2c(C(C)C)nc3scc(-c4ccc(C)c(C)c4)c3c2=O)o1. The molecule has 4 rings (SSSR count). The second-order valence-electron chi connectivity index (χ2n) is 7.90. The van der Waals surface area contributed by atoms with Crippen LogP contribution in [0.4, 0.5) is 0 Å². The topological polar surface area (TPSA) is 74.3 Å². The van der Waals surface area contributed by atoms with E-state index in [-0.39, 0.29) is 23.8 Å². The van der Waals surface area contributed by atoms with Crippen LogP contribution in [0.15, 0.2) is 44.9 Å². The number of methoxy groups -OCH3 is 1. The van der Waals surface area contributed by atoms with Gasteiger partial charge in [0.1, 0.15) is 16.4 Å². The number of ether oxygens (including phenoxy) is 1. The first kappa shape index (κ1) is 21.1. The monoisotopic (exact) mass is 436 g/mol. The molecule has 0 spiro atoms. The number of carbonyl (C=O) groups excluding carboxylic acids is 1. The van der Waals surface area contributed by atoms with Gasteiger partial charge in [-0.2, -0.15) is 0 Å². The fraction of sp³-hybridized carbons (Fsp3) is 0.292. The number of rotatable bonds is 5. The van der Waals surface area contributed by atoms with Gasteiger partial charge in [-0.15, -0.1) is 11.3 Å². The van der Waals surface area contributed by atoms with Crippen molar-refractivity contribution >= 4 is 27.5 Å². The maximum absolute atomic E-state index is 13.7. The quantitative estimate of drug-likeness (QED) is 0.397. The van der Waals surface area contributed by atoms with Gasteiger partial charge in [0.05, 0.1) is 19.0 Å². The molecule has 4 aromatic rings. The van der Waals surface area contributed by atoms with Crippen LogP contribution in [0.1, 0.15) is 53.0 Å². The summed E-state index contributed by atoms with van der Waals surface area (Å²) in [6.45, 7) is 8.33. The van der Waals surface area contributed by atoms with Crippen LogP contribution >= 0.6 is 11.3 Å². The van der Waals surface area contributed by atoms with Gasteiger partial charge in [-0.05, 0) is 42.7 Å². The third kappa shape index (κ3) is 3.81. The number of fused-ring (bicyclic) bond motifs is 1. The van der Waals surface area contributed by atoms with Gasteiger partial charge in [-0.25, -0.2) is 9.78 Å². The third-order valence-electron chi connectivity index (χ3n) is 5.42. The average molecular weight is 437 g/mol. The Morgan fingerprint density at radius 3 is 2.65 bits per heavy atom. The molecule has 6 nitrogen and oxygen atoms in total. The van der Waals surface area contributed by atoms with Gasteiger partial charge in [-0.1, -0.05) is 32.0 Å². The molecule has 0 atom stereocenters. The van der Waals surface area contributed by atoms with E-state index in [9.17, 15) is 9.59 Å². The molecule has 7 heteroatoms. The fourth-order valence-electron chi connectivity index (χ4n) is 3.58. The lowest BCUT2D eigenvalue weighted by atomic mass is 10.0. The van der Waals surface area contributed by atoms with Crippen LogP contribution in [0.25, 0.3) is 21.3 Å². The summed E-state index contributed by atoms with van der Waals surface area (Å²) >= 11 is 1.48. The van der Waals surface area contributed by atoms with E-state index < -0.39 is 5.97 Å². The Balaban J connectivity index is 1.87. The summed E-state index contributed by atoms with van der Waals surface area (Å²) in [5, 5.41) is 2.61. The van der Waals surface area contributed by atoms with Crippen LogP contribution in [0, 0.1) is 13.8 Å². The molecule has 0 saturated carbocycles. The molecule has 0 aliphatic heterocycles. The standard InChI is InChI=1S/C24H24N2O4S/c1-13(2)21-25-22-20(18(12-31-22)16-7-6-14(3)15(4)10-16)23(27)26(21)11-17-8-9-19(30-17)24(28)29-5/h6-10,12-13H,11H2,1-5H3. The van der Waals surface area contributed by atoms with Crippen molar-refractivity contribution in [3.05, 3.63) is 74.5 Å². The van der Waals surface area contributed by atoms with Crippen molar-refractivity contribution in [3.8, 4) is 11.1 Å². The van der Waals surface area contributed by atoms with E-state index in [1.54, 1.807) is 16.7 Å². The molecular weight excluding hydrogens is 412 g/mol. The first-order valence-electron chi connectivity index (χ1n) is 10.1. The molecule has 0 aliphatic rings. The summed E-state index contributed by atoms with van der Waals surface area (Å²) in [6, 6.07) is 9.45.